The molecule has 184 valence electrons. The van der Waals surface area contributed by atoms with E-state index in [9.17, 15) is 17.6 Å². The molecule has 1 aliphatic heterocycles. The number of hydrazone groups is 1. The monoisotopic (exact) mass is 511 g/mol. The van der Waals surface area contributed by atoms with E-state index in [0.717, 1.165) is 12.1 Å². The Bertz CT molecular complexity index is 1190. The molecule has 9 nitrogen and oxygen atoms in total. The first kappa shape index (κ1) is 24.4. The molecule has 0 atom stereocenters. The summed E-state index contributed by atoms with van der Waals surface area (Å²) in [6, 6.07) is 9.31. The number of aromatic nitrogens is 3. The summed E-state index contributed by atoms with van der Waals surface area (Å²) < 4.78 is 60.0. The van der Waals surface area contributed by atoms with Gasteiger partial charge >= 0.3 is 6.36 Å². The van der Waals surface area contributed by atoms with Gasteiger partial charge in [0.25, 0.3) is 0 Å². The summed E-state index contributed by atoms with van der Waals surface area (Å²) in [4.78, 5) is 14.9. The summed E-state index contributed by atoms with van der Waals surface area (Å²) in [5, 5.41) is 6.95. The van der Waals surface area contributed by atoms with Gasteiger partial charge in [0.15, 0.2) is 0 Å². The standard InChI is InChI=1S/C21H18ClF4N7O2/c22-16-6-1-13(11-17(16)23)12-27-32-19-29-18(30-20(31-19)33-7-9-34-10-8-33)28-14-2-4-15(5-3-14)35-21(24,25)26/h1-6,11-12H,7-10H2,(H2,28,29,30,31,32)/b27-12+. The predicted molar refractivity (Wildman–Crippen MR) is 122 cm³/mol. The van der Waals surface area contributed by atoms with Crippen LogP contribution < -0.4 is 20.4 Å². The lowest BCUT2D eigenvalue weighted by molar-refractivity contribution is -0.274. The molecule has 1 fully saturated rings. The first-order valence-corrected chi connectivity index (χ1v) is 10.6. The lowest BCUT2D eigenvalue weighted by Crippen LogP contribution is -2.37. The van der Waals surface area contributed by atoms with Crippen LogP contribution >= 0.6 is 11.6 Å². The molecule has 0 spiro atoms. The lowest BCUT2D eigenvalue weighted by atomic mass is 10.2. The van der Waals surface area contributed by atoms with Crippen molar-refractivity contribution in [2.45, 2.75) is 6.36 Å². The lowest BCUT2D eigenvalue weighted by Gasteiger charge is -2.27. The molecule has 35 heavy (non-hydrogen) atoms. The van der Waals surface area contributed by atoms with Gasteiger partial charge in [-0.25, -0.2) is 9.82 Å². The third kappa shape index (κ3) is 7.13. The van der Waals surface area contributed by atoms with Crippen molar-refractivity contribution in [3.63, 3.8) is 0 Å². The molecule has 0 unspecified atom stereocenters. The molecule has 0 bridgehead atoms. The topological polar surface area (TPSA) is 96.8 Å². The van der Waals surface area contributed by atoms with Gasteiger partial charge in [-0.1, -0.05) is 17.7 Å². The van der Waals surface area contributed by atoms with E-state index in [2.05, 4.69) is 35.5 Å². The molecule has 0 aliphatic carbocycles. The van der Waals surface area contributed by atoms with Crippen molar-refractivity contribution in [2.75, 3.05) is 41.9 Å². The summed E-state index contributed by atoms with van der Waals surface area (Å²) in [5.74, 6) is -0.377. The number of hydrogen-bond donors (Lipinski definition) is 2. The summed E-state index contributed by atoms with van der Waals surface area (Å²) in [6.07, 6.45) is -3.42. The molecule has 14 heteroatoms. The maximum Gasteiger partial charge on any atom is 0.573 e. The first-order valence-electron chi connectivity index (χ1n) is 10.2. The normalized spacial score (nSPS) is 14.3. The van der Waals surface area contributed by atoms with Crippen LogP contribution in [0, 0.1) is 5.82 Å². The first-order chi connectivity index (χ1) is 16.7. The minimum Gasteiger partial charge on any atom is -0.406 e. The summed E-state index contributed by atoms with van der Waals surface area (Å²) in [7, 11) is 0. The fourth-order valence-electron chi connectivity index (χ4n) is 3.00. The van der Waals surface area contributed by atoms with Crippen LogP contribution in [0.15, 0.2) is 47.6 Å². The Balaban J connectivity index is 1.53. The highest BCUT2D eigenvalue weighted by molar-refractivity contribution is 6.30. The fourth-order valence-corrected chi connectivity index (χ4v) is 3.12. The van der Waals surface area contributed by atoms with Gasteiger partial charge in [0.2, 0.25) is 17.8 Å². The van der Waals surface area contributed by atoms with Gasteiger partial charge in [-0.2, -0.15) is 20.1 Å². The van der Waals surface area contributed by atoms with Crippen molar-refractivity contribution in [1.82, 2.24) is 15.0 Å². The zero-order valence-corrected chi connectivity index (χ0v) is 18.6. The average Bonchev–Trinajstić information content (AvgIpc) is 2.82. The minimum atomic E-state index is -4.78. The molecule has 0 radical (unpaired) electrons. The van der Waals surface area contributed by atoms with E-state index in [4.69, 9.17) is 16.3 Å². The number of hydrogen-bond acceptors (Lipinski definition) is 9. The molecular weight excluding hydrogens is 494 g/mol. The van der Waals surface area contributed by atoms with E-state index in [-0.39, 0.29) is 22.7 Å². The number of rotatable bonds is 7. The van der Waals surface area contributed by atoms with E-state index < -0.39 is 12.2 Å². The third-order valence-corrected chi connectivity index (χ3v) is 4.89. The smallest absolute Gasteiger partial charge is 0.406 e. The van der Waals surface area contributed by atoms with Crippen molar-refractivity contribution in [3.8, 4) is 5.75 Å². The van der Waals surface area contributed by atoms with Crippen molar-refractivity contribution in [2.24, 2.45) is 5.10 Å². The zero-order chi connectivity index (χ0) is 24.8. The Hall–Kier alpha value is -3.71. The van der Waals surface area contributed by atoms with Gasteiger partial charge in [0.1, 0.15) is 11.6 Å². The number of anilines is 4. The molecule has 1 saturated heterocycles. The van der Waals surface area contributed by atoms with E-state index in [1.165, 1.54) is 30.5 Å². The van der Waals surface area contributed by atoms with Crippen LogP contribution in [0.1, 0.15) is 5.56 Å². The van der Waals surface area contributed by atoms with Crippen LogP contribution in [-0.2, 0) is 4.74 Å². The molecule has 2 N–H and O–H groups in total. The van der Waals surface area contributed by atoms with Gasteiger partial charge in [0.05, 0.1) is 24.5 Å². The number of morpholine rings is 1. The fraction of sp³-hybridized carbons (Fsp3) is 0.238. The second-order valence-electron chi connectivity index (χ2n) is 7.12. The van der Waals surface area contributed by atoms with Crippen molar-refractivity contribution in [3.05, 3.63) is 58.9 Å². The molecule has 2 heterocycles. The molecular formula is C21H18ClF4N7O2. The average molecular weight is 512 g/mol. The number of ether oxygens (including phenoxy) is 2. The van der Waals surface area contributed by atoms with E-state index >= 15 is 0 Å². The van der Waals surface area contributed by atoms with Crippen LogP contribution in [0.5, 0.6) is 5.75 Å². The van der Waals surface area contributed by atoms with Crippen LogP contribution in [-0.4, -0.2) is 53.8 Å². The Morgan fingerprint density at radius 3 is 2.43 bits per heavy atom. The highest BCUT2D eigenvalue weighted by atomic mass is 35.5. The molecule has 4 rings (SSSR count). The third-order valence-electron chi connectivity index (χ3n) is 4.58. The molecule has 1 aromatic heterocycles. The second-order valence-corrected chi connectivity index (χ2v) is 7.53. The quantitative estimate of drug-likeness (QED) is 0.270. The summed E-state index contributed by atoms with van der Waals surface area (Å²) in [6.45, 7) is 2.11. The van der Waals surface area contributed by atoms with Crippen LogP contribution in [0.25, 0.3) is 0 Å². The number of alkyl halides is 3. The molecule has 1 aliphatic rings. The Labute approximate surface area is 201 Å². The van der Waals surface area contributed by atoms with Crippen molar-refractivity contribution in [1.29, 1.82) is 0 Å². The van der Waals surface area contributed by atoms with Crippen molar-refractivity contribution < 1.29 is 27.0 Å². The van der Waals surface area contributed by atoms with Gasteiger partial charge in [-0.15, -0.1) is 13.2 Å². The highest BCUT2D eigenvalue weighted by Gasteiger charge is 2.31. The molecule has 0 saturated carbocycles. The van der Waals surface area contributed by atoms with Gasteiger partial charge < -0.3 is 19.7 Å². The van der Waals surface area contributed by atoms with Gasteiger partial charge in [-0.3, -0.25) is 0 Å². The zero-order valence-electron chi connectivity index (χ0n) is 17.9. The van der Waals surface area contributed by atoms with Gasteiger partial charge in [0, 0.05) is 18.8 Å². The number of nitrogens with zero attached hydrogens (tertiary/aromatic N) is 5. The van der Waals surface area contributed by atoms with Crippen LogP contribution in [0.2, 0.25) is 5.02 Å². The Morgan fingerprint density at radius 2 is 1.74 bits per heavy atom. The van der Waals surface area contributed by atoms with E-state index in [0.29, 0.717) is 43.5 Å². The molecule has 0 amide bonds. The Kier molecular flexibility index (Phi) is 7.46. The van der Waals surface area contributed by atoms with Gasteiger partial charge in [-0.05, 0) is 42.0 Å². The number of nitrogens with one attached hydrogen (secondary N) is 2. The molecule has 3 aromatic rings. The summed E-state index contributed by atoms with van der Waals surface area (Å²) in [5.41, 5.74) is 3.56. The largest absolute Gasteiger partial charge is 0.573 e. The second kappa shape index (κ2) is 10.7. The maximum absolute atomic E-state index is 13.6. The van der Waals surface area contributed by atoms with E-state index in [1.54, 1.807) is 6.07 Å². The number of benzene rings is 2. The maximum atomic E-state index is 13.6. The minimum absolute atomic E-state index is 0.00329. The molecule has 2 aromatic carbocycles. The van der Waals surface area contributed by atoms with Crippen LogP contribution in [0.3, 0.4) is 0 Å². The SMILES string of the molecule is Fc1cc(/C=N/Nc2nc(Nc3ccc(OC(F)(F)F)cc3)nc(N3CCOCC3)n2)ccc1Cl. The van der Waals surface area contributed by atoms with Crippen molar-refractivity contribution >= 4 is 41.3 Å². The summed E-state index contributed by atoms with van der Waals surface area (Å²) >= 11 is 5.68. The van der Waals surface area contributed by atoms with E-state index in [1.807, 2.05) is 4.90 Å². The Morgan fingerprint density at radius 1 is 1.03 bits per heavy atom. The van der Waals surface area contributed by atoms with Crippen LogP contribution in [0.4, 0.5) is 41.1 Å². The number of halogens is 5. The predicted octanol–water partition coefficient (Wildman–Crippen LogP) is 4.59. The highest BCUT2D eigenvalue weighted by Crippen LogP contribution is 2.25.